The van der Waals surface area contributed by atoms with Crippen molar-refractivity contribution in [2.75, 3.05) is 32.7 Å². The van der Waals surface area contributed by atoms with Gasteiger partial charge in [0.2, 0.25) is 11.8 Å². The van der Waals surface area contributed by atoms with Crippen LogP contribution in [0, 0.1) is 0 Å². The van der Waals surface area contributed by atoms with E-state index in [1.54, 1.807) is 0 Å². The van der Waals surface area contributed by atoms with Crippen LogP contribution in [0.1, 0.15) is 32.6 Å². The number of carbonyl (C=O) groups is 2. The number of likely N-dealkylation sites (tertiary alicyclic amines) is 1. The number of nitrogens with one attached hydrogen (secondary N) is 2. The van der Waals surface area contributed by atoms with Gasteiger partial charge >= 0.3 is 0 Å². The lowest BCUT2D eigenvalue weighted by molar-refractivity contribution is -0.130. The molecule has 0 atom stereocenters. The molecule has 0 spiro atoms. The summed E-state index contributed by atoms with van der Waals surface area (Å²) in [6.45, 7) is 5.80. The number of rotatable bonds is 7. The van der Waals surface area contributed by atoms with Crippen molar-refractivity contribution in [2.24, 2.45) is 0 Å². The second kappa shape index (κ2) is 8.06. The molecule has 0 bridgehead atoms. The van der Waals surface area contributed by atoms with Gasteiger partial charge in [-0.2, -0.15) is 0 Å². The Hall–Kier alpha value is -1.10. The highest BCUT2D eigenvalue weighted by atomic mass is 16.2. The van der Waals surface area contributed by atoms with Crippen LogP contribution in [-0.2, 0) is 9.59 Å². The topological polar surface area (TPSA) is 61.4 Å². The molecule has 2 amide bonds. The van der Waals surface area contributed by atoms with Crippen LogP contribution in [-0.4, -0.2) is 49.4 Å². The summed E-state index contributed by atoms with van der Waals surface area (Å²) in [5, 5.41) is 5.86. The summed E-state index contributed by atoms with van der Waals surface area (Å²) in [5.41, 5.74) is 0. The van der Waals surface area contributed by atoms with Crippen molar-refractivity contribution in [3.8, 4) is 0 Å². The number of amides is 2. The molecule has 1 aliphatic heterocycles. The van der Waals surface area contributed by atoms with Gasteiger partial charge in [0.05, 0.1) is 0 Å². The van der Waals surface area contributed by atoms with E-state index in [0.29, 0.717) is 25.9 Å². The Kier molecular flexibility index (Phi) is 6.62. The molecule has 0 aromatic carbocycles. The average molecular weight is 241 g/mol. The molecule has 1 fully saturated rings. The minimum atomic E-state index is 0.0140. The van der Waals surface area contributed by atoms with E-state index in [2.05, 4.69) is 10.6 Å². The maximum absolute atomic E-state index is 11.6. The van der Waals surface area contributed by atoms with Gasteiger partial charge in [-0.05, 0) is 19.4 Å². The molecule has 0 aliphatic carbocycles. The van der Waals surface area contributed by atoms with Gasteiger partial charge in [0.15, 0.2) is 0 Å². The molecule has 1 saturated heterocycles. The Bertz CT molecular complexity index is 250. The van der Waals surface area contributed by atoms with Crippen molar-refractivity contribution in [3.05, 3.63) is 0 Å². The second-order valence-electron chi connectivity index (χ2n) is 4.29. The maximum Gasteiger partial charge on any atom is 0.224 e. The first kappa shape index (κ1) is 14.0. The van der Waals surface area contributed by atoms with Gasteiger partial charge in [-0.15, -0.1) is 0 Å². The molecule has 5 nitrogen and oxygen atoms in total. The van der Waals surface area contributed by atoms with E-state index in [9.17, 15) is 9.59 Å². The highest BCUT2D eigenvalue weighted by Gasteiger charge is 2.17. The first-order chi connectivity index (χ1) is 8.24. The van der Waals surface area contributed by atoms with Gasteiger partial charge in [0.25, 0.3) is 0 Å². The second-order valence-corrected chi connectivity index (χ2v) is 4.29. The van der Waals surface area contributed by atoms with Crippen molar-refractivity contribution < 1.29 is 9.59 Å². The fourth-order valence-electron chi connectivity index (χ4n) is 1.90. The van der Waals surface area contributed by atoms with E-state index >= 15 is 0 Å². The fraction of sp³-hybridized carbons (Fsp3) is 0.833. The molecule has 1 rings (SSSR count). The van der Waals surface area contributed by atoms with Gasteiger partial charge in [-0.3, -0.25) is 9.59 Å². The van der Waals surface area contributed by atoms with Gasteiger partial charge < -0.3 is 15.5 Å². The average Bonchev–Trinajstić information content (AvgIpc) is 2.82. The van der Waals surface area contributed by atoms with Crippen LogP contribution >= 0.6 is 0 Å². The minimum absolute atomic E-state index is 0.0140. The molecule has 0 aromatic rings. The van der Waals surface area contributed by atoms with Crippen LogP contribution in [0.3, 0.4) is 0 Å². The summed E-state index contributed by atoms with van der Waals surface area (Å²) in [4.78, 5) is 24.9. The normalized spacial score (nSPS) is 15.0. The third-order valence-corrected chi connectivity index (χ3v) is 2.90. The molecule has 5 heteroatoms. The lowest BCUT2D eigenvalue weighted by Gasteiger charge is -2.15. The predicted octanol–water partition coefficient (Wildman–Crippen LogP) is 0.115. The van der Waals surface area contributed by atoms with Crippen molar-refractivity contribution in [3.63, 3.8) is 0 Å². The molecule has 1 aliphatic rings. The third kappa shape index (κ3) is 5.68. The summed E-state index contributed by atoms with van der Waals surface area (Å²) < 4.78 is 0. The zero-order chi connectivity index (χ0) is 12.5. The van der Waals surface area contributed by atoms with Gasteiger partial charge in [-0.25, -0.2) is 0 Å². The molecular formula is C12H23N3O2. The van der Waals surface area contributed by atoms with Crippen LogP contribution in [0.2, 0.25) is 0 Å². The summed E-state index contributed by atoms with van der Waals surface area (Å²) in [6, 6.07) is 0. The Labute approximate surface area is 103 Å². The molecule has 98 valence electrons. The summed E-state index contributed by atoms with van der Waals surface area (Å²) in [7, 11) is 0. The van der Waals surface area contributed by atoms with Crippen LogP contribution < -0.4 is 10.6 Å². The third-order valence-electron chi connectivity index (χ3n) is 2.90. The summed E-state index contributed by atoms with van der Waals surface area (Å²) in [5.74, 6) is 0.176. The number of hydrogen-bond acceptors (Lipinski definition) is 3. The monoisotopic (exact) mass is 241 g/mol. The highest BCUT2D eigenvalue weighted by Crippen LogP contribution is 2.08. The van der Waals surface area contributed by atoms with Crippen LogP contribution in [0.4, 0.5) is 0 Å². The zero-order valence-corrected chi connectivity index (χ0v) is 10.6. The first-order valence-electron chi connectivity index (χ1n) is 6.49. The molecule has 1 heterocycles. The fourth-order valence-corrected chi connectivity index (χ4v) is 1.90. The summed E-state index contributed by atoms with van der Waals surface area (Å²) in [6.07, 6.45) is 3.13. The molecular weight excluding hydrogens is 218 g/mol. The van der Waals surface area contributed by atoms with Crippen molar-refractivity contribution in [1.82, 2.24) is 15.5 Å². The zero-order valence-electron chi connectivity index (χ0n) is 10.6. The predicted molar refractivity (Wildman–Crippen MR) is 66.6 cm³/mol. The van der Waals surface area contributed by atoms with E-state index in [1.165, 1.54) is 0 Å². The van der Waals surface area contributed by atoms with Crippen LogP contribution in [0.5, 0.6) is 0 Å². The largest absolute Gasteiger partial charge is 0.356 e. The van der Waals surface area contributed by atoms with Crippen molar-refractivity contribution >= 4 is 11.8 Å². The van der Waals surface area contributed by atoms with E-state index in [1.807, 2.05) is 11.8 Å². The quantitative estimate of drug-likeness (QED) is 0.622. The molecule has 0 unspecified atom stereocenters. The van der Waals surface area contributed by atoms with E-state index < -0.39 is 0 Å². The van der Waals surface area contributed by atoms with Gasteiger partial charge in [0, 0.05) is 39.0 Å². The van der Waals surface area contributed by atoms with Crippen LogP contribution in [0.25, 0.3) is 0 Å². The Morgan fingerprint density at radius 1 is 1.12 bits per heavy atom. The number of nitrogens with zero attached hydrogens (tertiary/aromatic N) is 1. The Balaban J connectivity index is 2.02. The molecule has 0 saturated carbocycles. The van der Waals surface area contributed by atoms with E-state index in [0.717, 1.165) is 32.5 Å². The van der Waals surface area contributed by atoms with Gasteiger partial charge in [0.1, 0.15) is 0 Å². The lowest BCUT2D eigenvalue weighted by atomic mass is 10.3. The lowest BCUT2D eigenvalue weighted by Crippen LogP contribution is -2.33. The minimum Gasteiger partial charge on any atom is -0.356 e. The molecule has 17 heavy (non-hydrogen) atoms. The molecule has 0 radical (unpaired) electrons. The van der Waals surface area contributed by atoms with E-state index in [4.69, 9.17) is 0 Å². The van der Waals surface area contributed by atoms with Gasteiger partial charge in [-0.1, -0.05) is 6.92 Å². The highest BCUT2D eigenvalue weighted by molar-refractivity contribution is 5.79. The summed E-state index contributed by atoms with van der Waals surface area (Å²) >= 11 is 0. The number of hydrogen-bond donors (Lipinski definition) is 2. The Morgan fingerprint density at radius 2 is 1.82 bits per heavy atom. The maximum atomic E-state index is 11.6. The Morgan fingerprint density at radius 3 is 2.47 bits per heavy atom. The smallest absolute Gasteiger partial charge is 0.224 e. The first-order valence-corrected chi connectivity index (χ1v) is 6.49. The van der Waals surface area contributed by atoms with Crippen molar-refractivity contribution in [2.45, 2.75) is 32.6 Å². The SMILES string of the molecule is CCNCCC(=O)NCCC(=O)N1CCCC1. The van der Waals surface area contributed by atoms with Crippen LogP contribution in [0.15, 0.2) is 0 Å². The molecule has 2 N–H and O–H groups in total. The molecule has 0 aromatic heterocycles. The number of carbonyl (C=O) groups excluding carboxylic acids is 2. The van der Waals surface area contributed by atoms with E-state index in [-0.39, 0.29) is 11.8 Å². The van der Waals surface area contributed by atoms with Crippen molar-refractivity contribution in [1.29, 1.82) is 0 Å². The standard InChI is InChI=1S/C12H23N3O2/c1-2-13-7-5-11(16)14-8-6-12(17)15-9-3-4-10-15/h13H,2-10H2,1H3,(H,14,16).